The van der Waals surface area contributed by atoms with Crippen LogP contribution >= 0.6 is 0 Å². The van der Waals surface area contributed by atoms with Crippen molar-refractivity contribution in [2.24, 2.45) is 0 Å². The molecular weight excluding hydrogens is 358 g/mol. The molecule has 1 amide bonds. The molecule has 1 aliphatic heterocycles. The predicted molar refractivity (Wildman–Crippen MR) is 105 cm³/mol. The largest absolute Gasteiger partial charge is 0.493 e. The number of hydrogen-bond acceptors (Lipinski definition) is 6. The minimum atomic E-state index is -1.42. The molecule has 150 valence electrons. The summed E-state index contributed by atoms with van der Waals surface area (Å²) in [6.07, 6.45) is 2.90. The fourth-order valence-electron chi connectivity index (χ4n) is 3.56. The molecule has 1 aliphatic rings. The van der Waals surface area contributed by atoms with Gasteiger partial charge in [0.2, 0.25) is 0 Å². The molecule has 3 rings (SSSR count). The summed E-state index contributed by atoms with van der Waals surface area (Å²) < 4.78 is 10.8. The van der Waals surface area contributed by atoms with Gasteiger partial charge in [0.05, 0.1) is 19.9 Å². The van der Waals surface area contributed by atoms with Crippen LogP contribution < -0.4 is 14.8 Å². The first-order valence-corrected chi connectivity index (χ1v) is 9.39. The van der Waals surface area contributed by atoms with Gasteiger partial charge in [-0.15, -0.1) is 0 Å². The van der Waals surface area contributed by atoms with E-state index in [1.54, 1.807) is 25.3 Å². The van der Waals surface area contributed by atoms with E-state index in [1.807, 2.05) is 36.4 Å². The number of carbonyl (C=O) groups is 1. The Balaban J connectivity index is 1.66. The fraction of sp³-hybridized carbons (Fsp3) is 0.429. The summed E-state index contributed by atoms with van der Waals surface area (Å²) in [7, 11) is 3.16. The van der Waals surface area contributed by atoms with E-state index in [0.717, 1.165) is 17.7 Å². The zero-order chi connectivity index (χ0) is 20.0. The van der Waals surface area contributed by atoms with E-state index in [4.69, 9.17) is 9.47 Å². The lowest BCUT2D eigenvalue weighted by Crippen LogP contribution is -2.57. The van der Waals surface area contributed by atoms with Crippen molar-refractivity contribution in [2.75, 3.05) is 27.3 Å². The van der Waals surface area contributed by atoms with E-state index in [0.29, 0.717) is 37.6 Å². The number of amides is 1. The molecule has 1 aromatic carbocycles. The number of nitrogens with zero attached hydrogens (tertiary/aromatic N) is 2. The number of benzene rings is 1. The summed E-state index contributed by atoms with van der Waals surface area (Å²) in [5, 5.41) is 14.1. The van der Waals surface area contributed by atoms with Crippen LogP contribution in [0.1, 0.15) is 24.1 Å². The lowest BCUT2D eigenvalue weighted by Gasteiger charge is -2.38. The van der Waals surface area contributed by atoms with Gasteiger partial charge in [0.25, 0.3) is 5.91 Å². The quantitative estimate of drug-likeness (QED) is 0.720. The van der Waals surface area contributed by atoms with Crippen molar-refractivity contribution in [2.45, 2.75) is 31.5 Å². The van der Waals surface area contributed by atoms with Crippen LogP contribution in [-0.2, 0) is 17.9 Å². The Labute approximate surface area is 165 Å². The molecule has 1 fully saturated rings. The monoisotopic (exact) mass is 385 g/mol. The molecule has 2 N–H and O–H groups in total. The Morgan fingerprint density at radius 1 is 1.21 bits per heavy atom. The molecule has 0 spiro atoms. The molecule has 7 nitrogen and oxygen atoms in total. The summed E-state index contributed by atoms with van der Waals surface area (Å²) >= 11 is 0. The number of aromatic nitrogens is 1. The van der Waals surface area contributed by atoms with Gasteiger partial charge in [0, 0.05) is 37.9 Å². The van der Waals surface area contributed by atoms with Crippen LogP contribution in [0.2, 0.25) is 0 Å². The number of methoxy groups -OCH3 is 2. The average Bonchev–Trinajstić information content (AvgIpc) is 2.72. The SMILES string of the molecule is COc1cccc(CN2CCC[C@@](O)(CNCc3ccccn3)C2=O)c1OC. The third kappa shape index (κ3) is 4.43. The highest BCUT2D eigenvalue weighted by Gasteiger charge is 2.42. The summed E-state index contributed by atoms with van der Waals surface area (Å²) in [6, 6.07) is 11.3. The Hall–Kier alpha value is -2.64. The molecule has 2 heterocycles. The van der Waals surface area contributed by atoms with Gasteiger partial charge in [-0.1, -0.05) is 18.2 Å². The van der Waals surface area contributed by atoms with Crippen molar-refractivity contribution in [1.82, 2.24) is 15.2 Å². The van der Waals surface area contributed by atoms with Crippen LogP contribution in [0.25, 0.3) is 0 Å². The molecule has 0 aliphatic carbocycles. The number of carbonyl (C=O) groups excluding carboxylic acids is 1. The van der Waals surface area contributed by atoms with Gasteiger partial charge in [-0.05, 0) is 31.0 Å². The molecule has 0 unspecified atom stereocenters. The second-order valence-corrected chi connectivity index (χ2v) is 6.94. The number of hydrogen-bond donors (Lipinski definition) is 2. The van der Waals surface area contributed by atoms with Crippen molar-refractivity contribution < 1.29 is 19.4 Å². The fourth-order valence-corrected chi connectivity index (χ4v) is 3.56. The molecule has 0 bridgehead atoms. The Bertz CT molecular complexity index is 799. The standard InChI is InChI=1S/C21H27N3O4/c1-27-18-9-5-7-16(19(18)28-2)14-24-12-6-10-21(26,20(24)25)15-22-13-17-8-3-4-11-23-17/h3-5,7-9,11,22,26H,6,10,12-15H2,1-2H3/t21-/m1/s1. The number of pyridine rings is 1. The Kier molecular flexibility index (Phi) is 6.49. The van der Waals surface area contributed by atoms with E-state index in [2.05, 4.69) is 10.3 Å². The van der Waals surface area contributed by atoms with Crippen LogP contribution in [0.3, 0.4) is 0 Å². The van der Waals surface area contributed by atoms with E-state index < -0.39 is 5.60 Å². The van der Waals surface area contributed by atoms with Crippen molar-refractivity contribution in [1.29, 1.82) is 0 Å². The van der Waals surface area contributed by atoms with Crippen molar-refractivity contribution in [3.8, 4) is 11.5 Å². The lowest BCUT2D eigenvalue weighted by molar-refractivity contribution is -0.157. The van der Waals surface area contributed by atoms with Gasteiger partial charge in [0.1, 0.15) is 0 Å². The van der Waals surface area contributed by atoms with Crippen LogP contribution in [0.4, 0.5) is 0 Å². The second-order valence-electron chi connectivity index (χ2n) is 6.94. The summed E-state index contributed by atoms with van der Waals surface area (Å²) in [5.74, 6) is 0.967. The number of para-hydroxylation sites is 1. The summed E-state index contributed by atoms with van der Waals surface area (Å²) in [4.78, 5) is 18.9. The number of rotatable bonds is 8. The highest BCUT2D eigenvalue weighted by molar-refractivity contribution is 5.86. The molecule has 1 atom stereocenters. The topological polar surface area (TPSA) is 83.9 Å². The molecular formula is C21H27N3O4. The van der Waals surface area contributed by atoms with Crippen molar-refractivity contribution >= 4 is 5.91 Å². The van der Waals surface area contributed by atoms with Crippen LogP contribution in [-0.4, -0.2) is 53.8 Å². The van der Waals surface area contributed by atoms with Gasteiger partial charge in [-0.25, -0.2) is 0 Å². The van der Waals surface area contributed by atoms with Crippen LogP contribution in [0.5, 0.6) is 11.5 Å². The molecule has 2 aromatic rings. The van der Waals surface area contributed by atoms with Gasteiger partial charge in [0.15, 0.2) is 17.1 Å². The first-order valence-electron chi connectivity index (χ1n) is 9.39. The molecule has 1 saturated heterocycles. The van der Waals surface area contributed by atoms with Gasteiger partial charge in [-0.3, -0.25) is 9.78 Å². The zero-order valence-corrected chi connectivity index (χ0v) is 16.4. The first kappa shape index (κ1) is 20.1. The van der Waals surface area contributed by atoms with Gasteiger partial charge < -0.3 is 24.8 Å². The maximum Gasteiger partial charge on any atom is 0.256 e. The molecule has 7 heteroatoms. The third-order valence-electron chi connectivity index (χ3n) is 5.00. The van der Waals surface area contributed by atoms with Gasteiger partial charge >= 0.3 is 0 Å². The van der Waals surface area contributed by atoms with E-state index in [9.17, 15) is 9.90 Å². The Morgan fingerprint density at radius 2 is 2.07 bits per heavy atom. The normalized spacial score (nSPS) is 19.5. The second kappa shape index (κ2) is 9.03. The molecule has 0 radical (unpaired) electrons. The highest BCUT2D eigenvalue weighted by Crippen LogP contribution is 2.33. The lowest BCUT2D eigenvalue weighted by atomic mass is 9.91. The van der Waals surface area contributed by atoms with E-state index in [1.165, 1.54) is 0 Å². The number of likely N-dealkylation sites (tertiary alicyclic amines) is 1. The number of nitrogens with one attached hydrogen (secondary N) is 1. The number of ether oxygens (including phenoxy) is 2. The van der Waals surface area contributed by atoms with Crippen LogP contribution in [0.15, 0.2) is 42.6 Å². The number of piperidine rings is 1. The zero-order valence-electron chi connectivity index (χ0n) is 16.4. The third-order valence-corrected chi connectivity index (χ3v) is 5.00. The average molecular weight is 385 g/mol. The summed E-state index contributed by atoms with van der Waals surface area (Å²) in [6.45, 7) is 1.65. The Morgan fingerprint density at radius 3 is 2.79 bits per heavy atom. The van der Waals surface area contributed by atoms with Crippen molar-refractivity contribution in [3.05, 3.63) is 53.9 Å². The van der Waals surface area contributed by atoms with E-state index >= 15 is 0 Å². The predicted octanol–water partition coefficient (Wildman–Crippen LogP) is 1.74. The van der Waals surface area contributed by atoms with Crippen molar-refractivity contribution in [3.63, 3.8) is 0 Å². The number of aliphatic hydroxyl groups is 1. The maximum atomic E-state index is 13.0. The highest BCUT2D eigenvalue weighted by atomic mass is 16.5. The smallest absolute Gasteiger partial charge is 0.256 e. The van der Waals surface area contributed by atoms with Gasteiger partial charge in [-0.2, -0.15) is 0 Å². The first-order chi connectivity index (χ1) is 13.6. The minimum absolute atomic E-state index is 0.189. The summed E-state index contributed by atoms with van der Waals surface area (Å²) in [5.41, 5.74) is 0.298. The maximum absolute atomic E-state index is 13.0. The minimum Gasteiger partial charge on any atom is -0.493 e. The van der Waals surface area contributed by atoms with Crippen LogP contribution in [0, 0.1) is 0 Å². The molecule has 0 saturated carbocycles. The molecule has 28 heavy (non-hydrogen) atoms. The van der Waals surface area contributed by atoms with E-state index in [-0.39, 0.29) is 12.5 Å². The molecule has 1 aromatic heterocycles.